The minimum atomic E-state index is -0.544. The Morgan fingerprint density at radius 1 is 0.900 bits per heavy atom. The molecule has 0 radical (unpaired) electrons. The summed E-state index contributed by atoms with van der Waals surface area (Å²) in [5, 5.41) is 0. The second kappa shape index (κ2) is 9.45. The van der Waals surface area contributed by atoms with E-state index in [0.717, 1.165) is 12.1 Å². The summed E-state index contributed by atoms with van der Waals surface area (Å²) in [4.78, 5) is 39.1. The fourth-order valence-corrected chi connectivity index (χ4v) is 3.17. The zero-order chi connectivity index (χ0) is 21.7. The standard InChI is InChI=1S/C21H22F2N4O3/c1-14(28)16-4-7-19(18(23)12-16)27-10-8-26(9-11-27)13-20(29)24-25-21(30)15-2-5-17(22)6-3-15/h2-7,12H,8-11,13H2,1H3,(H,24,29)(H,25,30). The van der Waals surface area contributed by atoms with Crippen LogP contribution in [0.25, 0.3) is 0 Å². The van der Waals surface area contributed by atoms with Gasteiger partial charge in [-0.3, -0.25) is 30.1 Å². The van der Waals surface area contributed by atoms with Crippen LogP contribution < -0.4 is 15.8 Å². The first kappa shape index (κ1) is 21.4. The minimum Gasteiger partial charge on any atom is -0.367 e. The van der Waals surface area contributed by atoms with Gasteiger partial charge in [-0.2, -0.15) is 0 Å². The van der Waals surface area contributed by atoms with Gasteiger partial charge >= 0.3 is 0 Å². The van der Waals surface area contributed by atoms with Gasteiger partial charge in [0.05, 0.1) is 12.2 Å². The molecule has 0 saturated carbocycles. The van der Waals surface area contributed by atoms with E-state index < -0.39 is 23.4 Å². The Balaban J connectivity index is 1.45. The van der Waals surface area contributed by atoms with Gasteiger partial charge < -0.3 is 4.90 Å². The van der Waals surface area contributed by atoms with Crippen LogP contribution in [0.3, 0.4) is 0 Å². The fourth-order valence-electron chi connectivity index (χ4n) is 3.17. The summed E-state index contributed by atoms with van der Waals surface area (Å²) in [5.74, 6) is -2.03. The van der Waals surface area contributed by atoms with Crippen molar-refractivity contribution in [2.24, 2.45) is 0 Å². The molecule has 0 unspecified atom stereocenters. The number of hydrogen-bond acceptors (Lipinski definition) is 5. The maximum absolute atomic E-state index is 14.3. The molecule has 7 nitrogen and oxygen atoms in total. The Labute approximate surface area is 172 Å². The zero-order valence-electron chi connectivity index (χ0n) is 16.5. The molecule has 9 heteroatoms. The lowest BCUT2D eigenvalue weighted by atomic mass is 10.1. The van der Waals surface area contributed by atoms with E-state index in [1.165, 1.54) is 25.1 Å². The molecule has 0 aromatic heterocycles. The highest BCUT2D eigenvalue weighted by atomic mass is 19.1. The van der Waals surface area contributed by atoms with Crippen molar-refractivity contribution in [2.75, 3.05) is 37.6 Å². The molecule has 0 bridgehead atoms. The molecule has 1 fully saturated rings. The quantitative estimate of drug-likeness (QED) is 0.573. The van der Waals surface area contributed by atoms with Crippen molar-refractivity contribution >= 4 is 23.3 Å². The summed E-state index contributed by atoms with van der Waals surface area (Å²) in [6.45, 7) is 3.57. The number of anilines is 1. The van der Waals surface area contributed by atoms with Gasteiger partial charge in [0.15, 0.2) is 5.78 Å². The molecule has 0 atom stereocenters. The normalized spacial score (nSPS) is 14.3. The number of rotatable bonds is 5. The highest BCUT2D eigenvalue weighted by Crippen LogP contribution is 2.22. The highest BCUT2D eigenvalue weighted by molar-refractivity contribution is 5.95. The molecule has 2 amide bonds. The monoisotopic (exact) mass is 416 g/mol. The number of nitrogens with zero attached hydrogens (tertiary/aromatic N) is 2. The number of nitrogens with one attached hydrogen (secondary N) is 2. The van der Waals surface area contributed by atoms with Crippen molar-refractivity contribution in [3.8, 4) is 0 Å². The molecule has 1 aliphatic heterocycles. The molecule has 2 aromatic carbocycles. The predicted molar refractivity (Wildman–Crippen MR) is 107 cm³/mol. The van der Waals surface area contributed by atoms with Crippen LogP contribution in [0, 0.1) is 11.6 Å². The van der Waals surface area contributed by atoms with Crippen LogP contribution in [0.5, 0.6) is 0 Å². The highest BCUT2D eigenvalue weighted by Gasteiger charge is 2.21. The van der Waals surface area contributed by atoms with Crippen molar-refractivity contribution < 1.29 is 23.2 Å². The number of carbonyl (C=O) groups excluding carboxylic acids is 3. The third kappa shape index (κ3) is 5.38. The molecule has 1 saturated heterocycles. The lowest BCUT2D eigenvalue weighted by Crippen LogP contribution is -2.52. The fraction of sp³-hybridized carbons (Fsp3) is 0.286. The van der Waals surface area contributed by atoms with Gasteiger partial charge in [0.2, 0.25) is 0 Å². The number of amides is 2. The summed E-state index contributed by atoms with van der Waals surface area (Å²) in [6.07, 6.45) is 0. The van der Waals surface area contributed by atoms with E-state index in [2.05, 4.69) is 10.9 Å². The summed E-state index contributed by atoms with van der Waals surface area (Å²) in [7, 11) is 0. The van der Waals surface area contributed by atoms with Crippen LogP contribution in [0.15, 0.2) is 42.5 Å². The summed E-state index contributed by atoms with van der Waals surface area (Å²) >= 11 is 0. The average Bonchev–Trinajstić information content (AvgIpc) is 2.73. The van der Waals surface area contributed by atoms with Crippen LogP contribution in [0.2, 0.25) is 0 Å². The van der Waals surface area contributed by atoms with E-state index in [0.29, 0.717) is 37.4 Å². The first-order valence-corrected chi connectivity index (χ1v) is 9.46. The van der Waals surface area contributed by atoms with Gasteiger partial charge in [-0.05, 0) is 49.4 Å². The lowest BCUT2D eigenvalue weighted by molar-refractivity contribution is -0.123. The van der Waals surface area contributed by atoms with Gasteiger partial charge in [0.25, 0.3) is 11.8 Å². The molecule has 3 rings (SSSR count). The van der Waals surface area contributed by atoms with Crippen molar-refractivity contribution in [1.29, 1.82) is 0 Å². The van der Waals surface area contributed by atoms with Crippen molar-refractivity contribution in [3.63, 3.8) is 0 Å². The molecule has 2 N–H and O–H groups in total. The third-order valence-electron chi connectivity index (χ3n) is 4.86. The Morgan fingerprint density at radius 3 is 2.13 bits per heavy atom. The number of ketones is 1. The van der Waals surface area contributed by atoms with Crippen LogP contribution >= 0.6 is 0 Å². The van der Waals surface area contributed by atoms with Crippen molar-refractivity contribution in [3.05, 3.63) is 65.2 Å². The molecule has 2 aromatic rings. The molecule has 30 heavy (non-hydrogen) atoms. The van der Waals surface area contributed by atoms with Crippen LogP contribution in [0.4, 0.5) is 14.5 Å². The number of Topliss-reactive ketones (excluding diaryl/α,β-unsaturated/α-hetero) is 1. The summed E-state index contributed by atoms with van der Waals surface area (Å²) in [6, 6.07) is 9.39. The van der Waals surface area contributed by atoms with E-state index in [9.17, 15) is 23.2 Å². The second-order valence-corrected chi connectivity index (χ2v) is 6.99. The second-order valence-electron chi connectivity index (χ2n) is 6.99. The molecule has 0 spiro atoms. The summed E-state index contributed by atoms with van der Waals surface area (Å²) in [5.41, 5.74) is 5.60. The zero-order valence-corrected chi connectivity index (χ0v) is 16.5. The van der Waals surface area contributed by atoms with Gasteiger partial charge in [-0.25, -0.2) is 8.78 Å². The molecule has 1 aliphatic rings. The largest absolute Gasteiger partial charge is 0.367 e. The first-order valence-electron chi connectivity index (χ1n) is 9.46. The molecule has 158 valence electrons. The first-order chi connectivity index (χ1) is 14.3. The average molecular weight is 416 g/mol. The SMILES string of the molecule is CC(=O)c1ccc(N2CCN(CC(=O)NNC(=O)c3ccc(F)cc3)CC2)c(F)c1. The Bertz CT molecular complexity index is 942. The van der Waals surface area contributed by atoms with E-state index >= 15 is 0 Å². The van der Waals surface area contributed by atoms with Gasteiger partial charge in [-0.15, -0.1) is 0 Å². The van der Waals surface area contributed by atoms with Gasteiger partial charge in [0, 0.05) is 37.3 Å². The number of hydrogen-bond donors (Lipinski definition) is 2. The van der Waals surface area contributed by atoms with Crippen LogP contribution in [-0.4, -0.2) is 55.2 Å². The Morgan fingerprint density at radius 2 is 1.53 bits per heavy atom. The number of halogens is 2. The maximum Gasteiger partial charge on any atom is 0.269 e. The van der Waals surface area contributed by atoms with Crippen LogP contribution in [0.1, 0.15) is 27.6 Å². The molecular weight excluding hydrogens is 394 g/mol. The lowest BCUT2D eigenvalue weighted by Gasteiger charge is -2.35. The molecule has 0 aliphatic carbocycles. The van der Waals surface area contributed by atoms with Crippen molar-refractivity contribution in [1.82, 2.24) is 15.8 Å². The Hall–Kier alpha value is -3.33. The topological polar surface area (TPSA) is 81.8 Å². The maximum atomic E-state index is 14.3. The third-order valence-corrected chi connectivity index (χ3v) is 4.86. The summed E-state index contributed by atoms with van der Waals surface area (Å²) < 4.78 is 27.2. The number of piperazine rings is 1. The minimum absolute atomic E-state index is 0.0727. The van der Waals surface area contributed by atoms with E-state index in [-0.39, 0.29) is 17.9 Å². The van der Waals surface area contributed by atoms with Crippen molar-refractivity contribution in [2.45, 2.75) is 6.92 Å². The predicted octanol–water partition coefficient (Wildman–Crippen LogP) is 1.75. The van der Waals surface area contributed by atoms with E-state index in [1.54, 1.807) is 12.1 Å². The number of benzene rings is 2. The number of carbonyl (C=O) groups is 3. The number of hydrazine groups is 1. The van der Waals surface area contributed by atoms with Crippen LogP contribution in [-0.2, 0) is 4.79 Å². The Kier molecular flexibility index (Phi) is 6.73. The van der Waals surface area contributed by atoms with Gasteiger partial charge in [-0.1, -0.05) is 0 Å². The van der Waals surface area contributed by atoms with E-state index in [4.69, 9.17) is 0 Å². The molecular formula is C21H22F2N4O3. The smallest absolute Gasteiger partial charge is 0.269 e. The van der Waals surface area contributed by atoms with E-state index in [1.807, 2.05) is 9.80 Å². The molecule has 1 heterocycles. The van der Waals surface area contributed by atoms with Gasteiger partial charge in [0.1, 0.15) is 11.6 Å².